The SMILES string of the molecule is O=C1C[C@H]2O/C(=C\CSCCO)CN12. The molecule has 2 saturated heterocycles. The third-order valence-electron chi connectivity index (χ3n) is 2.30. The second kappa shape index (κ2) is 4.23. The topological polar surface area (TPSA) is 49.8 Å². The van der Waals surface area contributed by atoms with Gasteiger partial charge >= 0.3 is 0 Å². The molecule has 0 aromatic carbocycles. The highest BCUT2D eigenvalue weighted by Gasteiger charge is 2.43. The Labute approximate surface area is 86.9 Å². The van der Waals surface area contributed by atoms with Crippen LogP contribution in [0.5, 0.6) is 0 Å². The van der Waals surface area contributed by atoms with Gasteiger partial charge in [-0.25, -0.2) is 0 Å². The lowest BCUT2D eigenvalue weighted by Crippen LogP contribution is -2.48. The summed E-state index contributed by atoms with van der Waals surface area (Å²) in [5, 5.41) is 8.56. The molecule has 0 bridgehead atoms. The molecule has 78 valence electrons. The first-order chi connectivity index (χ1) is 6.81. The quantitative estimate of drug-likeness (QED) is 0.537. The predicted molar refractivity (Wildman–Crippen MR) is 53.7 cm³/mol. The van der Waals surface area contributed by atoms with Crippen LogP contribution in [0.1, 0.15) is 6.42 Å². The molecule has 5 heteroatoms. The fraction of sp³-hybridized carbons (Fsp3) is 0.667. The molecule has 1 N–H and O–H groups in total. The summed E-state index contributed by atoms with van der Waals surface area (Å²) in [5.41, 5.74) is 0. The minimum atomic E-state index is 0.0107. The van der Waals surface area contributed by atoms with E-state index in [0.717, 1.165) is 17.3 Å². The van der Waals surface area contributed by atoms with Gasteiger partial charge in [0.15, 0.2) is 6.23 Å². The molecule has 1 amide bonds. The van der Waals surface area contributed by atoms with Crippen LogP contribution in [-0.2, 0) is 9.53 Å². The van der Waals surface area contributed by atoms with E-state index in [1.54, 1.807) is 16.7 Å². The number of carbonyl (C=O) groups is 1. The van der Waals surface area contributed by atoms with Crippen LogP contribution in [0, 0.1) is 0 Å². The maximum Gasteiger partial charge on any atom is 0.231 e. The summed E-state index contributed by atoms with van der Waals surface area (Å²) in [6.07, 6.45) is 2.53. The third kappa shape index (κ3) is 1.88. The first-order valence-corrected chi connectivity index (χ1v) is 5.80. The number of β-lactam (4-membered cyclic amide) rings is 1. The van der Waals surface area contributed by atoms with Crippen LogP contribution in [0.15, 0.2) is 11.8 Å². The molecule has 2 aliphatic heterocycles. The molecule has 2 rings (SSSR count). The Balaban J connectivity index is 1.75. The number of aliphatic hydroxyl groups excluding tert-OH is 1. The van der Waals surface area contributed by atoms with Crippen LogP contribution in [-0.4, -0.2) is 46.8 Å². The van der Waals surface area contributed by atoms with Crippen molar-refractivity contribution in [1.29, 1.82) is 0 Å². The van der Waals surface area contributed by atoms with Gasteiger partial charge in [-0.15, -0.1) is 0 Å². The molecule has 0 aromatic rings. The van der Waals surface area contributed by atoms with Gasteiger partial charge in [-0.1, -0.05) is 0 Å². The van der Waals surface area contributed by atoms with E-state index in [1.807, 2.05) is 6.08 Å². The van der Waals surface area contributed by atoms with Crippen molar-refractivity contribution in [2.45, 2.75) is 12.6 Å². The Bertz CT molecular complexity index is 267. The van der Waals surface area contributed by atoms with Gasteiger partial charge in [0.2, 0.25) is 5.91 Å². The van der Waals surface area contributed by atoms with E-state index in [9.17, 15) is 4.79 Å². The molecule has 1 atom stereocenters. The van der Waals surface area contributed by atoms with E-state index in [1.165, 1.54) is 0 Å². The maximum atomic E-state index is 11.0. The van der Waals surface area contributed by atoms with Gasteiger partial charge in [-0.3, -0.25) is 9.69 Å². The summed E-state index contributed by atoms with van der Waals surface area (Å²) < 4.78 is 5.50. The second-order valence-electron chi connectivity index (χ2n) is 3.27. The van der Waals surface area contributed by atoms with Gasteiger partial charge in [0.25, 0.3) is 0 Å². The fourth-order valence-corrected chi connectivity index (χ4v) is 2.11. The van der Waals surface area contributed by atoms with E-state index >= 15 is 0 Å². The Hall–Kier alpha value is -0.680. The smallest absolute Gasteiger partial charge is 0.231 e. The lowest BCUT2D eigenvalue weighted by Gasteiger charge is -2.30. The molecule has 14 heavy (non-hydrogen) atoms. The molecular weight excluding hydrogens is 202 g/mol. The fourth-order valence-electron chi connectivity index (χ4n) is 1.51. The average Bonchev–Trinajstić information content (AvgIpc) is 2.50. The molecule has 0 unspecified atom stereocenters. The number of thioether (sulfide) groups is 1. The van der Waals surface area contributed by atoms with Crippen LogP contribution in [0.25, 0.3) is 0 Å². The number of hydrogen-bond donors (Lipinski definition) is 1. The van der Waals surface area contributed by atoms with Gasteiger partial charge in [0, 0.05) is 11.5 Å². The first kappa shape index (κ1) is 9.86. The molecular formula is C9H13NO3S. The highest BCUT2D eigenvalue weighted by Crippen LogP contribution is 2.30. The summed E-state index contributed by atoms with van der Waals surface area (Å²) in [7, 11) is 0. The molecule has 2 heterocycles. The number of fused-ring (bicyclic) bond motifs is 1. The minimum absolute atomic E-state index is 0.0107. The van der Waals surface area contributed by atoms with E-state index < -0.39 is 0 Å². The number of aliphatic hydroxyl groups is 1. The molecule has 4 nitrogen and oxygen atoms in total. The molecule has 2 aliphatic rings. The van der Waals surface area contributed by atoms with Gasteiger partial charge < -0.3 is 9.84 Å². The van der Waals surface area contributed by atoms with Crippen LogP contribution in [0.3, 0.4) is 0 Å². The summed E-state index contributed by atoms with van der Waals surface area (Å²) in [5.74, 6) is 2.66. The normalized spacial score (nSPS) is 27.5. The number of nitrogens with zero attached hydrogens (tertiary/aromatic N) is 1. The van der Waals surface area contributed by atoms with E-state index in [4.69, 9.17) is 9.84 Å². The number of carbonyl (C=O) groups excluding carboxylic acids is 1. The zero-order valence-electron chi connectivity index (χ0n) is 7.81. The van der Waals surface area contributed by atoms with Crippen LogP contribution in [0.2, 0.25) is 0 Å². The van der Waals surface area contributed by atoms with Crippen LogP contribution < -0.4 is 0 Å². The molecule has 0 aromatic heterocycles. The summed E-state index contributed by atoms with van der Waals surface area (Å²) in [6, 6.07) is 0. The molecule has 0 saturated carbocycles. The van der Waals surface area contributed by atoms with E-state index in [2.05, 4.69) is 0 Å². The van der Waals surface area contributed by atoms with Gasteiger partial charge in [-0.05, 0) is 6.08 Å². The average molecular weight is 215 g/mol. The Morgan fingerprint density at radius 1 is 1.71 bits per heavy atom. The minimum Gasteiger partial charge on any atom is -0.473 e. The Morgan fingerprint density at radius 2 is 2.57 bits per heavy atom. The van der Waals surface area contributed by atoms with Gasteiger partial charge in [0.05, 0.1) is 19.6 Å². The molecule has 0 spiro atoms. The van der Waals surface area contributed by atoms with Crippen molar-refractivity contribution in [3.8, 4) is 0 Å². The Morgan fingerprint density at radius 3 is 3.21 bits per heavy atom. The standard InChI is InChI=1S/C9H13NO3S/c11-2-4-14-3-1-7-6-10-8(12)5-9(10)13-7/h1,9,11H,2-6H2/b7-1-/t9-/m1/s1. The lowest BCUT2D eigenvalue weighted by atomic mass is 10.2. The summed E-state index contributed by atoms with van der Waals surface area (Å²) in [4.78, 5) is 12.8. The Kier molecular flexibility index (Phi) is 2.98. The van der Waals surface area contributed by atoms with Crippen molar-refractivity contribution < 1.29 is 14.6 Å². The van der Waals surface area contributed by atoms with Crippen molar-refractivity contribution in [2.75, 3.05) is 24.7 Å². The third-order valence-corrected chi connectivity index (χ3v) is 3.17. The molecule has 2 fully saturated rings. The van der Waals surface area contributed by atoms with Crippen molar-refractivity contribution >= 4 is 17.7 Å². The highest BCUT2D eigenvalue weighted by atomic mass is 32.2. The van der Waals surface area contributed by atoms with Crippen molar-refractivity contribution in [3.63, 3.8) is 0 Å². The van der Waals surface area contributed by atoms with Crippen molar-refractivity contribution in [3.05, 3.63) is 11.8 Å². The maximum absolute atomic E-state index is 11.0. The van der Waals surface area contributed by atoms with Gasteiger partial charge in [-0.2, -0.15) is 11.8 Å². The zero-order chi connectivity index (χ0) is 9.97. The van der Waals surface area contributed by atoms with Crippen molar-refractivity contribution in [2.24, 2.45) is 0 Å². The lowest BCUT2D eigenvalue weighted by molar-refractivity contribution is -0.154. The zero-order valence-corrected chi connectivity index (χ0v) is 8.63. The van der Waals surface area contributed by atoms with E-state index in [-0.39, 0.29) is 18.7 Å². The molecule has 0 radical (unpaired) electrons. The van der Waals surface area contributed by atoms with Crippen LogP contribution >= 0.6 is 11.8 Å². The highest BCUT2D eigenvalue weighted by molar-refractivity contribution is 7.99. The number of rotatable bonds is 4. The largest absolute Gasteiger partial charge is 0.473 e. The number of amides is 1. The van der Waals surface area contributed by atoms with E-state index in [0.29, 0.717) is 13.0 Å². The second-order valence-corrected chi connectivity index (χ2v) is 4.42. The molecule has 0 aliphatic carbocycles. The monoisotopic (exact) mass is 215 g/mol. The van der Waals surface area contributed by atoms with Crippen molar-refractivity contribution in [1.82, 2.24) is 4.90 Å². The first-order valence-electron chi connectivity index (χ1n) is 4.65. The number of ether oxygens (including phenoxy) is 1. The van der Waals surface area contributed by atoms with Gasteiger partial charge in [0.1, 0.15) is 5.76 Å². The number of hydrogen-bond acceptors (Lipinski definition) is 4. The summed E-state index contributed by atoms with van der Waals surface area (Å²) >= 11 is 1.65. The summed E-state index contributed by atoms with van der Waals surface area (Å²) in [6.45, 7) is 0.838. The predicted octanol–water partition coefficient (Wildman–Crippen LogP) is 0.184. The van der Waals surface area contributed by atoms with Crippen LogP contribution in [0.4, 0.5) is 0 Å².